The molecule has 8 rings (SSSR count). The van der Waals surface area contributed by atoms with E-state index in [0.717, 1.165) is 43.1 Å². The number of piperazine rings is 1. The van der Waals surface area contributed by atoms with E-state index in [1.54, 1.807) is 25.3 Å². The van der Waals surface area contributed by atoms with E-state index in [2.05, 4.69) is 34.2 Å². The fourth-order valence-corrected chi connectivity index (χ4v) is 7.30. The van der Waals surface area contributed by atoms with Crippen molar-refractivity contribution in [1.29, 1.82) is 0 Å². The number of nitrogens with one attached hydrogen (secondary N) is 1. The highest BCUT2D eigenvalue weighted by atomic mass is 35.5. The van der Waals surface area contributed by atoms with Gasteiger partial charge in [-0.2, -0.15) is 9.97 Å². The van der Waals surface area contributed by atoms with Crippen molar-refractivity contribution in [3.63, 3.8) is 0 Å². The third kappa shape index (κ3) is 4.82. The number of methoxy groups -OCH3 is 1. The minimum Gasteiger partial charge on any atom is -0.508 e. The summed E-state index contributed by atoms with van der Waals surface area (Å²) in [5.41, 5.74) is 0.723. The third-order valence-corrected chi connectivity index (χ3v) is 9.17. The molecule has 2 N–H and O–H groups in total. The van der Waals surface area contributed by atoms with Crippen LogP contribution in [0.15, 0.2) is 42.5 Å². The van der Waals surface area contributed by atoms with Gasteiger partial charge in [0.25, 0.3) is 0 Å². The van der Waals surface area contributed by atoms with Gasteiger partial charge in [-0.05, 0) is 67.9 Å². The van der Waals surface area contributed by atoms with E-state index in [1.165, 1.54) is 0 Å². The maximum atomic E-state index is 16.8. The molecule has 1 aromatic heterocycles. The van der Waals surface area contributed by atoms with Crippen molar-refractivity contribution in [2.24, 2.45) is 5.41 Å². The second-order valence-electron chi connectivity index (χ2n) is 12.7. The van der Waals surface area contributed by atoms with Crippen LogP contribution >= 0.6 is 11.6 Å². The fraction of sp³-hybridized carbons (Fsp3) is 0.438. The lowest BCUT2D eigenvalue weighted by Gasteiger charge is -2.57. The molecule has 3 aliphatic heterocycles. The maximum absolute atomic E-state index is 16.8. The number of anilines is 1. The van der Waals surface area contributed by atoms with Crippen LogP contribution < -0.4 is 15.0 Å². The molecule has 3 saturated heterocycles. The van der Waals surface area contributed by atoms with Gasteiger partial charge in [-0.3, -0.25) is 0 Å². The Hall–Kier alpha value is -3.24. The quantitative estimate of drug-likeness (QED) is 0.274. The minimum atomic E-state index is -0.567. The first-order chi connectivity index (χ1) is 20.2. The number of ether oxygens (including phenoxy) is 2. The molecule has 0 spiro atoms. The zero-order valence-electron chi connectivity index (χ0n) is 24.1. The Kier molecular flexibility index (Phi) is 6.69. The monoisotopic (exact) mass is 591 g/mol. The van der Waals surface area contributed by atoms with Crippen LogP contribution in [0.4, 0.5) is 10.2 Å². The number of aromatic hydroxyl groups is 1. The molecule has 10 heteroatoms. The second kappa shape index (κ2) is 10.2. The normalized spacial score (nSPS) is 22.5. The molecule has 1 aliphatic carbocycles. The van der Waals surface area contributed by atoms with Gasteiger partial charge in [-0.25, -0.2) is 4.39 Å². The lowest BCUT2D eigenvalue weighted by atomic mass is 9.77. The van der Waals surface area contributed by atoms with Crippen LogP contribution in [0.1, 0.15) is 19.3 Å². The van der Waals surface area contributed by atoms with Crippen LogP contribution in [0.2, 0.25) is 5.02 Å². The first-order valence-electron chi connectivity index (χ1n) is 14.4. The summed E-state index contributed by atoms with van der Waals surface area (Å²) < 4.78 is 28.6. The molecule has 4 fully saturated rings. The highest BCUT2D eigenvalue weighted by Crippen LogP contribution is 2.47. The molecule has 2 bridgehead atoms. The molecule has 1 saturated carbocycles. The Balaban J connectivity index is 1.37. The largest absolute Gasteiger partial charge is 0.508 e. The van der Waals surface area contributed by atoms with Crippen LogP contribution in [0.3, 0.4) is 0 Å². The molecular formula is C32H35ClFN5O3. The van der Waals surface area contributed by atoms with Gasteiger partial charge in [0.05, 0.1) is 23.8 Å². The second-order valence-corrected chi connectivity index (χ2v) is 13.1. The molecule has 42 heavy (non-hydrogen) atoms. The zero-order chi connectivity index (χ0) is 29.2. The molecule has 2 atom stereocenters. The summed E-state index contributed by atoms with van der Waals surface area (Å²) in [6, 6.07) is 12.9. The van der Waals surface area contributed by atoms with E-state index in [1.807, 2.05) is 24.3 Å². The summed E-state index contributed by atoms with van der Waals surface area (Å²) in [5.74, 6) is 0.0705. The van der Waals surface area contributed by atoms with Crippen molar-refractivity contribution in [2.75, 3.05) is 59.0 Å². The Morgan fingerprint density at radius 1 is 1.14 bits per heavy atom. The number of halogens is 2. The number of hydrogen-bond acceptors (Lipinski definition) is 8. The fourth-order valence-electron chi connectivity index (χ4n) is 7.01. The number of phenolic OH excluding ortho intramolecular Hbond substituents is 1. The summed E-state index contributed by atoms with van der Waals surface area (Å²) in [6.45, 7) is 3.33. The molecule has 220 valence electrons. The van der Waals surface area contributed by atoms with Gasteiger partial charge in [-0.15, -0.1) is 0 Å². The van der Waals surface area contributed by atoms with Gasteiger partial charge in [-0.1, -0.05) is 35.9 Å². The summed E-state index contributed by atoms with van der Waals surface area (Å²) in [7, 11) is 5.82. The smallest absolute Gasteiger partial charge is 0.319 e. The van der Waals surface area contributed by atoms with Crippen molar-refractivity contribution in [3.8, 4) is 22.9 Å². The Morgan fingerprint density at radius 2 is 1.93 bits per heavy atom. The van der Waals surface area contributed by atoms with Gasteiger partial charge in [0.2, 0.25) is 0 Å². The van der Waals surface area contributed by atoms with Crippen LogP contribution in [-0.4, -0.2) is 85.6 Å². The number of phenols is 1. The maximum Gasteiger partial charge on any atom is 0.319 e. The molecular weight excluding hydrogens is 557 g/mol. The van der Waals surface area contributed by atoms with E-state index in [4.69, 9.17) is 26.1 Å². The number of fused-ring (bicyclic) bond motifs is 4. The number of nitrogens with zero attached hydrogens (tertiary/aromatic N) is 4. The topological polar surface area (TPSA) is 83.0 Å². The zero-order valence-corrected chi connectivity index (χ0v) is 24.8. The molecule has 8 nitrogen and oxygen atoms in total. The van der Waals surface area contributed by atoms with E-state index in [9.17, 15) is 5.11 Å². The van der Waals surface area contributed by atoms with E-state index in [0.29, 0.717) is 36.5 Å². The molecule has 2 unspecified atom stereocenters. The van der Waals surface area contributed by atoms with Crippen molar-refractivity contribution < 1.29 is 19.0 Å². The highest BCUT2D eigenvalue weighted by Gasteiger charge is 2.50. The first-order valence-corrected chi connectivity index (χ1v) is 14.8. The lowest BCUT2D eigenvalue weighted by molar-refractivity contribution is 0.0217. The molecule has 4 aromatic rings. The molecule has 4 heterocycles. The first kappa shape index (κ1) is 27.6. The summed E-state index contributed by atoms with van der Waals surface area (Å²) in [6.07, 6.45) is 3.16. The van der Waals surface area contributed by atoms with Crippen LogP contribution in [0, 0.1) is 11.2 Å². The van der Waals surface area contributed by atoms with Crippen LogP contribution in [0.25, 0.3) is 32.8 Å². The van der Waals surface area contributed by atoms with E-state index in [-0.39, 0.29) is 44.9 Å². The third-order valence-electron chi connectivity index (χ3n) is 8.88. The van der Waals surface area contributed by atoms with E-state index >= 15 is 4.39 Å². The van der Waals surface area contributed by atoms with Crippen molar-refractivity contribution in [2.45, 2.75) is 30.8 Å². The molecule has 0 amide bonds. The molecule has 3 aromatic carbocycles. The Morgan fingerprint density at radius 3 is 2.67 bits per heavy atom. The van der Waals surface area contributed by atoms with Gasteiger partial charge < -0.3 is 29.7 Å². The number of aromatic nitrogens is 2. The predicted molar refractivity (Wildman–Crippen MR) is 163 cm³/mol. The van der Waals surface area contributed by atoms with Crippen molar-refractivity contribution in [1.82, 2.24) is 20.2 Å². The Bertz CT molecular complexity index is 1680. The number of rotatable bonds is 9. The van der Waals surface area contributed by atoms with Gasteiger partial charge in [0, 0.05) is 49.2 Å². The predicted octanol–water partition coefficient (Wildman–Crippen LogP) is 5.24. The van der Waals surface area contributed by atoms with Crippen molar-refractivity contribution >= 4 is 39.1 Å². The minimum absolute atomic E-state index is 0.0331. The van der Waals surface area contributed by atoms with Crippen LogP contribution in [0.5, 0.6) is 11.8 Å². The molecule has 0 radical (unpaired) electrons. The molecule has 4 aliphatic rings. The average Bonchev–Trinajstić information content (AvgIpc) is 3.70. The highest BCUT2D eigenvalue weighted by molar-refractivity contribution is 6.35. The summed E-state index contributed by atoms with van der Waals surface area (Å²) >= 11 is 6.87. The van der Waals surface area contributed by atoms with Gasteiger partial charge in [0.1, 0.15) is 17.1 Å². The summed E-state index contributed by atoms with van der Waals surface area (Å²) in [5, 5.41) is 16.5. The summed E-state index contributed by atoms with van der Waals surface area (Å²) in [4.78, 5) is 13.9. The number of piperidine rings is 1. The van der Waals surface area contributed by atoms with Crippen LogP contribution in [-0.2, 0) is 4.74 Å². The van der Waals surface area contributed by atoms with Gasteiger partial charge >= 0.3 is 6.01 Å². The SMILES string of the molecule is COCC12CC(CN(c3nc(OCC4(CN(C)C)CC4)nc4c(F)c(-c5cc(O)cc6ccccc56)c(Cl)cc34)C1)N2. The average molecular weight is 592 g/mol. The Labute approximate surface area is 249 Å². The number of benzene rings is 3. The standard InChI is InChI=1S/C32H35ClFN5O3/c1-38(2)15-31(8-9-31)17-42-30-35-28-24(29(36-30)39-14-20-13-32(16-39,37-20)18-41-3)12-25(33)26(27(28)34)23-11-21(40)10-19-6-4-5-7-22(19)23/h4-7,10-12,20,37,40H,8-9,13-18H2,1-3H3. The van der Waals surface area contributed by atoms with E-state index < -0.39 is 5.82 Å². The lowest BCUT2D eigenvalue weighted by Crippen LogP contribution is -2.77. The van der Waals surface area contributed by atoms with Gasteiger partial charge in [0.15, 0.2) is 5.82 Å². The van der Waals surface area contributed by atoms with Crippen molar-refractivity contribution in [3.05, 3.63) is 53.3 Å². The number of hydrogen-bond donors (Lipinski definition) is 2.